The van der Waals surface area contributed by atoms with E-state index in [9.17, 15) is 0 Å². The summed E-state index contributed by atoms with van der Waals surface area (Å²) in [5, 5.41) is 0. The number of fused-ring (bicyclic) bond motifs is 2. The summed E-state index contributed by atoms with van der Waals surface area (Å²) in [6.45, 7) is 9.27. The highest BCUT2D eigenvalue weighted by atomic mass is 16.5. The van der Waals surface area contributed by atoms with E-state index in [0.29, 0.717) is 13.2 Å². The lowest BCUT2D eigenvalue weighted by atomic mass is 10.0. The predicted molar refractivity (Wildman–Crippen MR) is 130 cm³/mol. The van der Waals surface area contributed by atoms with Gasteiger partial charge in [-0.1, -0.05) is 6.07 Å². The van der Waals surface area contributed by atoms with Crippen molar-refractivity contribution in [3.8, 4) is 16.9 Å². The minimum absolute atomic E-state index is 0.601. The largest absolute Gasteiger partial charge is 0.491 e. The van der Waals surface area contributed by atoms with Gasteiger partial charge in [-0.2, -0.15) is 0 Å². The number of anilines is 2. The second kappa shape index (κ2) is 8.57. The number of morpholine rings is 1. The molecule has 4 aromatic rings. The zero-order chi connectivity index (χ0) is 23.1. The molecule has 0 radical (unpaired) electrons. The van der Waals surface area contributed by atoms with Crippen molar-refractivity contribution in [1.82, 2.24) is 24.9 Å². The number of hydrogen-bond acceptors (Lipinski definition) is 8. The number of aryl methyl sites for hydroxylation is 1. The maximum absolute atomic E-state index is 6.11. The van der Waals surface area contributed by atoms with E-state index in [2.05, 4.69) is 65.9 Å². The first-order chi connectivity index (χ1) is 16.7. The smallest absolute Gasteiger partial charge is 0.177 e. The fourth-order valence-corrected chi connectivity index (χ4v) is 4.78. The van der Waals surface area contributed by atoms with Crippen LogP contribution < -0.4 is 14.5 Å². The van der Waals surface area contributed by atoms with E-state index in [1.54, 1.807) is 6.33 Å². The molecule has 0 unspecified atom stereocenters. The molecule has 2 aliphatic rings. The van der Waals surface area contributed by atoms with Crippen molar-refractivity contribution in [2.45, 2.75) is 20.4 Å². The summed E-state index contributed by atoms with van der Waals surface area (Å²) in [7, 11) is 0. The van der Waals surface area contributed by atoms with E-state index in [1.807, 2.05) is 13.1 Å². The molecule has 0 aliphatic carbocycles. The SMILES string of the molecule is Cc1nc2ncc(-c3ccc4c(c3)CN(c3ncnc(N5CCOCC5)c3C)CCO4)cc2[nH]1. The Balaban J connectivity index is 1.32. The first-order valence-corrected chi connectivity index (χ1v) is 11.6. The first kappa shape index (κ1) is 20.9. The molecular weight excluding hydrogens is 430 g/mol. The van der Waals surface area contributed by atoms with Crippen LogP contribution in [-0.2, 0) is 11.3 Å². The van der Waals surface area contributed by atoms with Crippen LogP contribution in [0.3, 0.4) is 0 Å². The lowest BCUT2D eigenvalue weighted by Gasteiger charge is -2.31. The fourth-order valence-electron chi connectivity index (χ4n) is 4.78. The highest BCUT2D eigenvalue weighted by molar-refractivity contribution is 5.78. The van der Waals surface area contributed by atoms with Crippen LogP contribution in [0, 0.1) is 13.8 Å². The van der Waals surface area contributed by atoms with E-state index in [1.165, 1.54) is 0 Å². The molecule has 174 valence electrons. The number of aromatic amines is 1. The average molecular weight is 458 g/mol. The number of ether oxygens (including phenoxy) is 2. The average Bonchev–Trinajstić information content (AvgIpc) is 3.10. The minimum Gasteiger partial charge on any atom is -0.491 e. The van der Waals surface area contributed by atoms with Crippen LogP contribution in [0.15, 0.2) is 36.8 Å². The lowest BCUT2D eigenvalue weighted by Crippen LogP contribution is -2.37. The normalized spacial score (nSPS) is 16.3. The van der Waals surface area contributed by atoms with Crippen molar-refractivity contribution in [1.29, 1.82) is 0 Å². The summed E-state index contributed by atoms with van der Waals surface area (Å²) in [6, 6.07) is 8.44. The van der Waals surface area contributed by atoms with Gasteiger partial charge in [-0.25, -0.2) is 19.9 Å². The third kappa shape index (κ3) is 3.81. The van der Waals surface area contributed by atoms with Gasteiger partial charge < -0.3 is 24.3 Å². The summed E-state index contributed by atoms with van der Waals surface area (Å²) in [5.74, 6) is 3.72. The van der Waals surface area contributed by atoms with Gasteiger partial charge in [0, 0.05) is 42.5 Å². The minimum atomic E-state index is 0.601. The molecule has 5 heterocycles. The van der Waals surface area contributed by atoms with Gasteiger partial charge >= 0.3 is 0 Å². The number of imidazole rings is 1. The molecule has 0 spiro atoms. The monoisotopic (exact) mass is 457 g/mol. The zero-order valence-electron chi connectivity index (χ0n) is 19.4. The number of benzene rings is 1. The highest BCUT2D eigenvalue weighted by Crippen LogP contribution is 2.33. The van der Waals surface area contributed by atoms with Crippen molar-refractivity contribution in [3.63, 3.8) is 0 Å². The summed E-state index contributed by atoms with van der Waals surface area (Å²) in [6.07, 6.45) is 3.55. The van der Waals surface area contributed by atoms with Gasteiger partial charge in [0.05, 0.1) is 25.3 Å². The molecule has 9 heteroatoms. The number of hydrogen-bond donors (Lipinski definition) is 1. The van der Waals surface area contributed by atoms with Crippen molar-refractivity contribution < 1.29 is 9.47 Å². The summed E-state index contributed by atoms with van der Waals surface area (Å²) >= 11 is 0. The maximum Gasteiger partial charge on any atom is 0.177 e. The highest BCUT2D eigenvalue weighted by Gasteiger charge is 2.23. The molecule has 34 heavy (non-hydrogen) atoms. The zero-order valence-corrected chi connectivity index (χ0v) is 19.4. The number of pyridine rings is 1. The van der Waals surface area contributed by atoms with Gasteiger partial charge in [-0.05, 0) is 37.6 Å². The molecule has 1 N–H and O–H groups in total. The Morgan fingerprint density at radius 2 is 1.68 bits per heavy atom. The van der Waals surface area contributed by atoms with Crippen LogP contribution in [0.4, 0.5) is 11.6 Å². The Morgan fingerprint density at radius 3 is 2.53 bits per heavy atom. The second-order valence-corrected chi connectivity index (χ2v) is 8.76. The van der Waals surface area contributed by atoms with E-state index in [-0.39, 0.29) is 0 Å². The van der Waals surface area contributed by atoms with Gasteiger partial charge in [0.1, 0.15) is 36.1 Å². The van der Waals surface area contributed by atoms with Gasteiger partial charge in [0.15, 0.2) is 5.65 Å². The van der Waals surface area contributed by atoms with E-state index in [0.717, 1.165) is 89.5 Å². The number of aromatic nitrogens is 5. The van der Waals surface area contributed by atoms with Gasteiger partial charge in [-0.3, -0.25) is 0 Å². The molecule has 1 aromatic carbocycles. The van der Waals surface area contributed by atoms with Gasteiger partial charge in [0.2, 0.25) is 0 Å². The molecule has 0 amide bonds. The Hall–Kier alpha value is -3.72. The topological polar surface area (TPSA) is 92.3 Å². The molecule has 1 fully saturated rings. The standard InChI is InChI=1S/C25H27N7O2/c1-16-24(31-5-8-33-9-6-31)27-15-28-25(16)32-7-10-34-22-4-3-18(11-20(22)14-32)19-12-21-23(26-13-19)30-17(2)29-21/h3-4,11-13,15H,5-10,14H2,1-2H3,(H,26,29,30). The predicted octanol–water partition coefficient (Wildman–Crippen LogP) is 3.27. The number of rotatable bonds is 3. The molecular formula is C25H27N7O2. The number of nitrogens with one attached hydrogen (secondary N) is 1. The molecule has 6 rings (SSSR count). The van der Waals surface area contributed by atoms with Gasteiger partial charge in [0.25, 0.3) is 0 Å². The number of H-pyrrole nitrogens is 1. The maximum atomic E-state index is 6.11. The van der Waals surface area contributed by atoms with Crippen LogP contribution in [0.5, 0.6) is 5.75 Å². The Kier molecular flexibility index (Phi) is 5.26. The quantitative estimate of drug-likeness (QED) is 0.501. The van der Waals surface area contributed by atoms with E-state index < -0.39 is 0 Å². The Bertz CT molecular complexity index is 1350. The van der Waals surface area contributed by atoms with Gasteiger partial charge in [-0.15, -0.1) is 0 Å². The van der Waals surface area contributed by atoms with Crippen LogP contribution in [0.1, 0.15) is 17.0 Å². The van der Waals surface area contributed by atoms with E-state index >= 15 is 0 Å². The molecule has 0 bridgehead atoms. The molecule has 1 saturated heterocycles. The third-order valence-electron chi connectivity index (χ3n) is 6.47. The molecule has 0 atom stereocenters. The summed E-state index contributed by atoms with van der Waals surface area (Å²) in [5.41, 5.74) is 6.04. The van der Waals surface area contributed by atoms with Crippen molar-refractivity contribution in [2.24, 2.45) is 0 Å². The molecule has 0 saturated carbocycles. The van der Waals surface area contributed by atoms with Crippen molar-refractivity contribution in [3.05, 3.63) is 53.7 Å². The summed E-state index contributed by atoms with van der Waals surface area (Å²) in [4.78, 5) is 26.0. The van der Waals surface area contributed by atoms with Crippen LogP contribution >= 0.6 is 0 Å². The number of nitrogens with zero attached hydrogens (tertiary/aromatic N) is 6. The summed E-state index contributed by atoms with van der Waals surface area (Å²) < 4.78 is 11.6. The Labute approximate surface area is 197 Å². The molecule has 9 nitrogen and oxygen atoms in total. The fraction of sp³-hybridized carbons (Fsp3) is 0.360. The van der Waals surface area contributed by atoms with E-state index in [4.69, 9.17) is 9.47 Å². The van der Waals surface area contributed by atoms with Crippen molar-refractivity contribution >= 4 is 22.8 Å². The van der Waals surface area contributed by atoms with Crippen LogP contribution in [0.25, 0.3) is 22.3 Å². The second-order valence-electron chi connectivity index (χ2n) is 8.76. The lowest BCUT2D eigenvalue weighted by molar-refractivity contribution is 0.122. The molecule has 2 aliphatic heterocycles. The van der Waals surface area contributed by atoms with Crippen LogP contribution in [0.2, 0.25) is 0 Å². The first-order valence-electron chi connectivity index (χ1n) is 11.6. The van der Waals surface area contributed by atoms with Crippen molar-refractivity contribution in [2.75, 3.05) is 49.3 Å². The third-order valence-corrected chi connectivity index (χ3v) is 6.47. The van der Waals surface area contributed by atoms with Crippen LogP contribution in [-0.4, -0.2) is 64.4 Å². The Morgan fingerprint density at radius 1 is 0.882 bits per heavy atom. The molecule has 3 aromatic heterocycles.